The first-order valence-electron chi connectivity index (χ1n) is 10.4. The molecule has 0 spiro atoms. The monoisotopic (exact) mass is 521 g/mol. The second kappa shape index (κ2) is 12.6. The summed E-state index contributed by atoms with van der Waals surface area (Å²) < 4.78 is 5.18. The maximum Gasteiger partial charge on any atom is 0.309 e. The number of nitrogens with one attached hydrogen (secondary N) is 1. The SMILES string of the molecule is CCOC(=O)C1CCN(C(=NC)NCC(c2ccccc2)c2ccccc2)CC1.I. The molecule has 0 amide bonds. The Labute approximate surface area is 196 Å². The number of carbonyl (C=O) groups excluding carboxylic acids is 1. The lowest BCUT2D eigenvalue weighted by molar-refractivity contribution is -0.149. The molecule has 1 aliphatic heterocycles. The highest BCUT2D eigenvalue weighted by Crippen LogP contribution is 2.24. The molecular weight excluding hydrogens is 489 g/mol. The van der Waals surface area contributed by atoms with Gasteiger partial charge in [0, 0.05) is 32.6 Å². The number of aliphatic imine (C=N–C) groups is 1. The van der Waals surface area contributed by atoms with E-state index in [1.54, 1.807) is 0 Å². The molecule has 0 unspecified atom stereocenters. The Morgan fingerprint density at radius 3 is 2.07 bits per heavy atom. The van der Waals surface area contributed by atoms with Crippen LogP contribution in [0.15, 0.2) is 65.7 Å². The Hall–Kier alpha value is -2.09. The van der Waals surface area contributed by atoms with Crippen LogP contribution in [0, 0.1) is 5.92 Å². The first-order chi connectivity index (χ1) is 14.2. The number of piperidine rings is 1. The highest BCUT2D eigenvalue weighted by atomic mass is 127. The van der Waals surface area contributed by atoms with Crippen LogP contribution < -0.4 is 5.32 Å². The number of hydrogen-bond donors (Lipinski definition) is 1. The van der Waals surface area contributed by atoms with Gasteiger partial charge in [-0.15, -0.1) is 24.0 Å². The number of esters is 1. The van der Waals surface area contributed by atoms with E-state index in [9.17, 15) is 4.79 Å². The zero-order valence-electron chi connectivity index (χ0n) is 17.8. The van der Waals surface area contributed by atoms with E-state index < -0.39 is 0 Å². The first-order valence-corrected chi connectivity index (χ1v) is 10.4. The number of benzene rings is 2. The molecule has 3 rings (SSSR count). The molecule has 6 heteroatoms. The van der Waals surface area contributed by atoms with E-state index in [0.717, 1.165) is 38.4 Å². The van der Waals surface area contributed by atoms with Crippen LogP contribution >= 0.6 is 24.0 Å². The number of guanidine groups is 1. The summed E-state index contributed by atoms with van der Waals surface area (Å²) in [6.45, 7) is 4.69. The van der Waals surface area contributed by atoms with Crippen molar-refractivity contribution in [1.82, 2.24) is 10.2 Å². The second-order valence-corrected chi connectivity index (χ2v) is 7.32. The average Bonchev–Trinajstić information content (AvgIpc) is 2.78. The summed E-state index contributed by atoms with van der Waals surface area (Å²) in [5.41, 5.74) is 2.56. The Balaban J connectivity index is 0.00000320. The Kier molecular flexibility index (Phi) is 10.1. The molecule has 2 aromatic carbocycles. The lowest BCUT2D eigenvalue weighted by Gasteiger charge is -2.34. The quantitative estimate of drug-likeness (QED) is 0.267. The molecule has 0 bridgehead atoms. The summed E-state index contributed by atoms with van der Waals surface area (Å²) in [5.74, 6) is 1.07. The Morgan fingerprint density at radius 1 is 1.07 bits per heavy atom. The van der Waals surface area contributed by atoms with Crippen LogP contribution in [0.4, 0.5) is 0 Å². The van der Waals surface area contributed by atoms with Crippen molar-refractivity contribution in [3.8, 4) is 0 Å². The van der Waals surface area contributed by atoms with E-state index in [0.29, 0.717) is 6.61 Å². The van der Waals surface area contributed by atoms with Gasteiger partial charge in [0.25, 0.3) is 0 Å². The van der Waals surface area contributed by atoms with Crippen LogP contribution in [0.3, 0.4) is 0 Å². The van der Waals surface area contributed by atoms with Crippen LogP contribution in [-0.2, 0) is 9.53 Å². The van der Waals surface area contributed by atoms with Gasteiger partial charge in [0.2, 0.25) is 0 Å². The third-order valence-corrected chi connectivity index (χ3v) is 5.49. The van der Waals surface area contributed by atoms with Gasteiger partial charge in [-0.1, -0.05) is 60.7 Å². The number of rotatable bonds is 6. The van der Waals surface area contributed by atoms with Gasteiger partial charge in [0.05, 0.1) is 12.5 Å². The fourth-order valence-corrected chi connectivity index (χ4v) is 3.91. The van der Waals surface area contributed by atoms with E-state index in [1.807, 2.05) is 26.1 Å². The molecule has 0 atom stereocenters. The average molecular weight is 521 g/mol. The molecule has 5 nitrogen and oxygen atoms in total. The largest absolute Gasteiger partial charge is 0.466 e. The molecule has 2 aromatic rings. The molecule has 1 fully saturated rings. The van der Waals surface area contributed by atoms with Gasteiger partial charge < -0.3 is 15.0 Å². The van der Waals surface area contributed by atoms with Gasteiger partial charge in [-0.2, -0.15) is 0 Å². The van der Waals surface area contributed by atoms with Crippen LogP contribution in [0.5, 0.6) is 0 Å². The molecule has 0 aliphatic carbocycles. The predicted molar refractivity (Wildman–Crippen MR) is 132 cm³/mol. The number of nitrogens with zero attached hydrogens (tertiary/aromatic N) is 2. The smallest absolute Gasteiger partial charge is 0.309 e. The summed E-state index contributed by atoms with van der Waals surface area (Å²) in [4.78, 5) is 18.7. The number of hydrogen-bond acceptors (Lipinski definition) is 3. The number of carbonyl (C=O) groups is 1. The van der Waals surface area contributed by atoms with Crippen molar-refractivity contribution in [3.05, 3.63) is 71.8 Å². The maximum atomic E-state index is 12.0. The normalized spacial score (nSPS) is 14.9. The number of likely N-dealkylation sites (tertiary alicyclic amines) is 1. The molecule has 30 heavy (non-hydrogen) atoms. The fraction of sp³-hybridized carbons (Fsp3) is 0.417. The summed E-state index contributed by atoms with van der Waals surface area (Å²) in [6, 6.07) is 21.1. The van der Waals surface area contributed by atoms with Gasteiger partial charge in [-0.3, -0.25) is 9.79 Å². The standard InChI is InChI=1S/C24H31N3O2.HI/c1-3-29-23(28)21-14-16-27(17-15-21)24(25-2)26-18-22(19-10-6-4-7-11-19)20-12-8-5-9-13-20;/h4-13,21-22H,3,14-18H2,1-2H3,(H,25,26);1H. The molecule has 0 saturated carbocycles. The van der Waals surface area contributed by atoms with E-state index in [1.165, 1.54) is 11.1 Å². The summed E-state index contributed by atoms with van der Waals surface area (Å²) >= 11 is 0. The number of halogens is 1. The topological polar surface area (TPSA) is 53.9 Å². The predicted octanol–water partition coefficient (Wildman–Crippen LogP) is 4.29. The van der Waals surface area contributed by atoms with Crippen LogP contribution in [-0.4, -0.2) is 50.1 Å². The molecule has 162 valence electrons. The Bertz CT molecular complexity index is 751. The molecule has 1 aliphatic rings. The number of ether oxygens (including phenoxy) is 1. The van der Waals surface area contributed by atoms with Gasteiger partial charge in [-0.25, -0.2) is 0 Å². The van der Waals surface area contributed by atoms with E-state index in [2.05, 4.69) is 63.7 Å². The fourth-order valence-electron chi connectivity index (χ4n) is 3.91. The van der Waals surface area contributed by atoms with Crippen LogP contribution in [0.1, 0.15) is 36.8 Å². The van der Waals surface area contributed by atoms with Crippen molar-refractivity contribution in [2.24, 2.45) is 10.9 Å². The van der Waals surface area contributed by atoms with Gasteiger partial charge in [0.15, 0.2) is 5.96 Å². The van der Waals surface area contributed by atoms with Crippen molar-refractivity contribution >= 4 is 35.9 Å². The summed E-state index contributed by atoms with van der Waals surface area (Å²) in [5, 5.41) is 3.57. The van der Waals surface area contributed by atoms with E-state index in [-0.39, 0.29) is 41.8 Å². The third-order valence-electron chi connectivity index (χ3n) is 5.49. The summed E-state index contributed by atoms with van der Waals surface area (Å²) in [6.07, 6.45) is 1.61. The van der Waals surface area contributed by atoms with Crippen molar-refractivity contribution in [2.75, 3.05) is 33.3 Å². The Morgan fingerprint density at radius 2 is 1.60 bits per heavy atom. The highest BCUT2D eigenvalue weighted by molar-refractivity contribution is 14.0. The van der Waals surface area contributed by atoms with Gasteiger partial charge >= 0.3 is 5.97 Å². The molecule has 0 radical (unpaired) electrons. The van der Waals surface area contributed by atoms with Gasteiger partial charge in [0.1, 0.15) is 0 Å². The van der Waals surface area contributed by atoms with E-state index in [4.69, 9.17) is 4.74 Å². The highest BCUT2D eigenvalue weighted by Gasteiger charge is 2.27. The van der Waals surface area contributed by atoms with Crippen LogP contribution in [0.2, 0.25) is 0 Å². The molecule has 0 aromatic heterocycles. The van der Waals surface area contributed by atoms with E-state index >= 15 is 0 Å². The third kappa shape index (κ3) is 6.45. The zero-order chi connectivity index (χ0) is 20.5. The zero-order valence-corrected chi connectivity index (χ0v) is 20.1. The van der Waals surface area contributed by atoms with Gasteiger partial charge in [-0.05, 0) is 30.9 Å². The lowest BCUT2D eigenvalue weighted by Crippen LogP contribution is -2.47. The molecule has 1 heterocycles. The summed E-state index contributed by atoms with van der Waals surface area (Å²) in [7, 11) is 1.82. The minimum Gasteiger partial charge on any atom is -0.466 e. The van der Waals surface area contributed by atoms with Crippen molar-refractivity contribution in [3.63, 3.8) is 0 Å². The second-order valence-electron chi connectivity index (χ2n) is 7.32. The molecule has 1 saturated heterocycles. The minimum absolute atomic E-state index is 0. The van der Waals surface area contributed by atoms with Crippen molar-refractivity contribution in [1.29, 1.82) is 0 Å². The van der Waals surface area contributed by atoms with Crippen LogP contribution in [0.25, 0.3) is 0 Å². The van der Waals surface area contributed by atoms with Crippen molar-refractivity contribution in [2.45, 2.75) is 25.7 Å². The molecule has 1 N–H and O–H groups in total. The van der Waals surface area contributed by atoms with Crippen molar-refractivity contribution < 1.29 is 9.53 Å². The molecular formula is C24H32IN3O2. The minimum atomic E-state index is -0.0664. The lowest BCUT2D eigenvalue weighted by atomic mass is 9.91. The maximum absolute atomic E-state index is 12.0. The first kappa shape index (κ1) is 24.2.